The second-order valence-corrected chi connectivity index (χ2v) is 4.24. The molecule has 0 saturated heterocycles. The van der Waals surface area contributed by atoms with Crippen LogP contribution in [0.4, 0.5) is 0 Å². The summed E-state index contributed by atoms with van der Waals surface area (Å²) in [5.41, 5.74) is 0.250. The molecule has 1 nitrogen and oxygen atoms in total. The Morgan fingerprint density at radius 1 is 1.08 bits per heavy atom. The molecule has 0 bridgehead atoms. The fourth-order valence-corrected chi connectivity index (χ4v) is 0. The van der Waals surface area contributed by atoms with Crippen molar-refractivity contribution in [3.63, 3.8) is 0 Å². The Morgan fingerprint density at radius 2 is 1.17 bits per heavy atom. The van der Waals surface area contributed by atoms with Crippen molar-refractivity contribution in [1.29, 1.82) is 0 Å². The Balaban J connectivity index is -0.000000126. The predicted octanol–water partition coefficient (Wildman–Crippen LogP) is 3.14. The predicted molar refractivity (Wildman–Crippen MR) is 52.5 cm³/mol. The van der Waals surface area contributed by atoms with E-state index in [1.807, 2.05) is 13.8 Å². The minimum absolute atomic E-state index is 0. The van der Waals surface area contributed by atoms with E-state index in [0.717, 1.165) is 0 Å². The van der Waals surface area contributed by atoms with Crippen LogP contribution in [0.1, 0.15) is 34.6 Å². The van der Waals surface area contributed by atoms with Gasteiger partial charge in [0.15, 0.2) is 0 Å². The van der Waals surface area contributed by atoms with E-state index in [4.69, 9.17) is 0 Å². The van der Waals surface area contributed by atoms with Gasteiger partial charge in [-0.3, -0.25) is 0 Å². The molecule has 0 aromatic rings. The monoisotopic (exact) mass is 245 g/mol. The van der Waals surface area contributed by atoms with Crippen LogP contribution in [0.5, 0.6) is 0 Å². The second-order valence-electron chi connectivity index (χ2n) is 4.24. The molecule has 70 valence electrons. The summed E-state index contributed by atoms with van der Waals surface area (Å²) in [5.74, 6) is 0. The summed E-state index contributed by atoms with van der Waals surface area (Å²) in [6, 6.07) is 0.463. The van der Waals surface area contributed by atoms with Gasteiger partial charge in [-0.15, -0.1) is 0 Å². The van der Waals surface area contributed by atoms with E-state index < -0.39 is 0 Å². The minimum Gasteiger partial charge on any atom is -0.608 e. The molecule has 0 rings (SSSR count). The largest absolute Gasteiger partial charge is 3.00 e. The smallest absolute Gasteiger partial charge is 0.608 e. The van der Waals surface area contributed by atoms with Crippen LogP contribution in [0.3, 0.4) is 0 Å². The zero-order chi connectivity index (χ0) is 9.65. The van der Waals surface area contributed by atoms with Crippen LogP contribution in [-0.4, -0.2) is 10.9 Å². The quantitative estimate of drug-likeness (QED) is 0.641. The summed E-state index contributed by atoms with van der Waals surface area (Å²) in [5, 5.41) is 0. The van der Waals surface area contributed by atoms with Crippen LogP contribution < -0.4 is 0 Å². The van der Waals surface area contributed by atoms with Gasteiger partial charge in [-0.1, -0.05) is 34.6 Å². The van der Waals surface area contributed by atoms with Gasteiger partial charge in [-0.25, -0.2) is 0 Å². The second kappa shape index (κ2) is 8.65. The molecular weight excluding hydrogens is 223 g/mol. The summed E-state index contributed by atoms with van der Waals surface area (Å²) in [6.45, 7) is 14.1. The van der Waals surface area contributed by atoms with Gasteiger partial charge in [0.25, 0.3) is 0 Å². The molecule has 0 spiro atoms. The van der Waals surface area contributed by atoms with Crippen LogP contribution >= 0.6 is 0 Å². The molecule has 0 unspecified atom stereocenters. The molecule has 0 saturated carbocycles. The van der Waals surface area contributed by atoms with Crippen molar-refractivity contribution in [2.45, 2.75) is 40.7 Å². The van der Waals surface area contributed by atoms with E-state index in [0.29, 0.717) is 6.04 Å². The number of nitrogens with zero attached hydrogens (tertiary/aromatic N) is 1. The van der Waals surface area contributed by atoms with Gasteiger partial charge in [0.1, 0.15) is 0 Å². The Labute approximate surface area is 104 Å². The summed E-state index contributed by atoms with van der Waals surface area (Å²) < 4.78 is 0. The van der Waals surface area contributed by atoms with Gasteiger partial charge in [-0.2, -0.15) is 5.41 Å². The molecule has 2 heteroatoms. The topological polar surface area (TPSA) is 3.24 Å². The third-order valence-electron chi connectivity index (χ3n) is 0.730. The zero-order valence-corrected chi connectivity index (χ0v) is 12.1. The fraction of sp³-hybridized carbons (Fsp3) is 0.700. The Morgan fingerprint density at radius 3 is 1.17 bits per heavy atom. The third-order valence-corrected chi connectivity index (χ3v) is 0.730. The maximum atomic E-state index is 3.77. The standard InChI is InChI=1S/C5H11N.C5H11.Y/c1-5(2)6(3)4;1-5(2,3)4;/h5H,3-4H2,1-2H3;1H2,2-4H3;/q-2;-1;+3. The van der Waals surface area contributed by atoms with Gasteiger partial charge in [0, 0.05) is 0 Å². The summed E-state index contributed by atoms with van der Waals surface area (Å²) >= 11 is 0. The van der Waals surface area contributed by atoms with E-state index in [1.54, 1.807) is 4.90 Å². The van der Waals surface area contributed by atoms with Crippen molar-refractivity contribution >= 4 is 0 Å². The summed E-state index contributed by atoms with van der Waals surface area (Å²) in [4.78, 5) is 1.67. The van der Waals surface area contributed by atoms with Crippen LogP contribution in [0.2, 0.25) is 0 Å². The van der Waals surface area contributed by atoms with Crippen molar-refractivity contribution in [3.05, 3.63) is 21.0 Å². The van der Waals surface area contributed by atoms with Gasteiger partial charge in [0.2, 0.25) is 0 Å². The molecule has 0 radical (unpaired) electrons. The maximum Gasteiger partial charge on any atom is 3.00 e. The van der Waals surface area contributed by atoms with Crippen LogP contribution in [0, 0.1) is 26.4 Å². The number of hydrogen-bond donors (Lipinski definition) is 0. The first kappa shape index (κ1) is 18.8. The van der Waals surface area contributed by atoms with E-state index in [-0.39, 0.29) is 38.1 Å². The van der Waals surface area contributed by atoms with Crippen molar-refractivity contribution in [3.8, 4) is 0 Å². The normalized spacial score (nSPS) is 10.5. The Bertz CT molecular complexity index is 70.3. The number of rotatable bonds is 1. The fourth-order valence-electron chi connectivity index (χ4n) is 0. The van der Waals surface area contributed by atoms with Gasteiger partial charge in [-0.05, 0) is 6.04 Å². The molecule has 0 atom stereocenters. The first-order valence-corrected chi connectivity index (χ1v) is 3.90. The van der Waals surface area contributed by atoms with E-state index in [1.165, 1.54) is 0 Å². The van der Waals surface area contributed by atoms with Crippen molar-refractivity contribution < 1.29 is 32.7 Å². The van der Waals surface area contributed by atoms with E-state index >= 15 is 0 Å². The first-order valence-electron chi connectivity index (χ1n) is 3.90. The average molecular weight is 245 g/mol. The van der Waals surface area contributed by atoms with Crippen LogP contribution in [0.25, 0.3) is 0 Å². The van der Waals surface area contributed by atoms with E-state index in [9.17, 15) is 0 Å². The van der Waals surface area contributed by atoms with Crippen LogP contribution in [0.15, 0.2) is 0 Å². The van der Waals surface area contributed by atoms with Gasteiger partial charge in [0.05, 0.1) is 0 Å². The third kappa shape index (κ3) is 43.7. The number of hydrogen-bond acceptors (Lipinski definition) is 1. The summed E-state index contributed by atoms with van der Waals surface area (Å²) in [6.07, 6.45) is 0. The molecule has 0 aromatic carbocycles. The van der Waals surface area contributed by atoms with Gasteiger partial charge < -0.3 is 25.9 Å². The summed E-state index contributed by atoms with van der Waals surface area (Å²) in [7, 11) is 7.12. The van der Waals surface area contributed by atoms with E-state index in [2.05, 4.69) is 41.8 Å². The zero-order valence-electron chi connectivity index (χ0n) is 9.22. The molecule has 0 aliphatic heterocycles. The van der Waals surface area contributed by atoms with Gasteiger partial charge >= 0.3 is 32.7 Å². The molecule has 0 amide bonds. The Kier molecular flexibility index (Phi) is 13.5. The molecular formula is C10H22NY. The van der Waals surface area contributed by atoms with Crippen molar-refractivity contribution in [1.82, 2.24) is 4.90 Å². The molecule has 0 aromatic heterocycles. The molecule has 0 aliphatic carbocycles. The maximum absolute atomic E-state index is 3.77. The molecule has 12 heavy (non-hydrogen) atoms. The minimum atomic E-state index is 0. The average Bonchev–Trinajstić information content (AvgIpc) is 1.59. The SMILES string of the molecule is [CH2-]C(C)(C)C.[CH2-]N([CH2-])C(C)C.[Y+3]. The molecule has 0 N–H and O–H groups in total. The van der Waals surface area contributed by atoms with Crippen molar-refractivity contribution in [2.75, 3.05) is 0 Å². The molecule has 0 aliphatic rings. The van der Waals surface area contributed by atoms with Crippen molar-refractivity contribution in [2.24, 2.45) is 5.41 Å². The molecule has 0 fully saturated rings. The molecule has 0 heterocycles. The Hall–Kier alpha value is 1.06. The first-order chi connectivity index (χ1) is 4.64. The van der Waals surface area contributed by atoms with Crippen LogP contribution in [-0.2, 0) is 32.7 Å².